The molecule has 0 N–H and O–H groups in total. The van der Waals surface area contributed by atoms with Crippen molar-refractivity contribution in [2.24, 2.45) is 0 Å². The van der Waals surface area contributed by atoms with Crippen molar-refractivity contribution >= 4 is 15.9 Å². The smallest absolute Gasteiger partial charge is 0.253 e. The minimum atomic E-state index is -3.49. The van der Waals surface area contributed by atoms with Crippen molar-refractivity contribution in [2.45, 2.75) is 75.3 Å². The molecule has 5 nitrogen and oxygen atoms in total. The first kappa shape index (κ1) is 19.4. The lowest BCUT2D eigenvalue weighted by Crippen LogP contribution is -2.42. The molecule has 0 spiro atoms. The van der Waals surface area contributed by atoms with Crippen molar-refractivity contribution in [1.82, 2.24) is 9.21 Å². The topological polar surface area (TPSA) is 57.7 Å². The molecule has 1 saturated heterocycles. The van der Waals surface area contributed by atoms with E-state index in [4.69, 9.17) is 0 Å². The number of amides is 1. The maximum atomic E-state index is 12.9. The highest BCUT2D eigenvalue weighted by atomic mass is 32.2. The van der Waals surface area contributed by atoms with Gasteiger partial charge >= 0.3 is 0 Å². The van der Waals surface area contributed by atoms with Gasteiger partial charge in [0.25, 0.3) is 5.91 Å². The van der Waals surface area contributed by atoms with Gasteiger partial charge in [0, 0.05) is 31.2 Å². The number of benzene rings is 1. The summed E-state index contributed by atoms with van der Waals surface area (Å²) in [7, 11) is -1.63. The molecule has 144 valence electrons. The molecule has 1 aromatic rings. The van der Waals surface area contributed by atoms with Crippen LogP contribution >= 0.6 is 0 Å². The van der Waals surface area contributed by atoms with Crippen LogP contribution in [0.2, 0.25) is 0 Å². The highest BCUT2D eigenvalue weighted by molar-refractivity contribution is 7.89. The zero-order valence-corrected chi connectivity index (χ0v) is 16.7. The van der Waals surface area contributed by atoms with E-state index < -0.39 is 10.0 Å². The number of carbonyl (C=O) groups is 1. The zero-order chi connectivity index (χ0) is 18.7. The Bertz CT molecular complexity index is 724. The molecular formula is C20H30N2O3S. The number of rotatable bonds is 4. The Hall–Kier alpha value is -1.40. The van der Waals surface area contributed by atoms with E-state index in [-0.39, 0.29) is 16.8 Å². The summed E-state index contributed by atoms with van der Waals surface area (Å²) in [6.07, 6.45) is 8.60. The summed E-state index contributed by atoms with van der Waals surface area (Å²) in [5.74, 6) is -0.0211. The third-order valence-electron chi connectivity index (χ3n) is 5.89. The van der Waals surface area contributed by atoms with Gasteiger partial charge in [0.2, 0.25) is 10.0 Å². The average Bonchev–Trinajstić information content (AvgIpc) is 2.68. The van der Waals surface area contributed by atoms with Crippen molar-refractivity contribution in [3.8, 4) is 0 Å². The molecule has 1 heterocycles. The van der Waals surface area contributed by atoms with Crippen LogP contribution in [-0.4, -0.2) is 49.2 Å². The van der Waals surface area contributed by atoms with Crippen LogP contribution in [-0.2, 0) is 10.0 Å². The molecule has 0 aromatic heterocycles. The summed E-state index contributed by atoms with van der Waals surface area (Å²) in [6.45, 7) is 2.54. The van der Waals surface area contributed by atoms with E-state index >= 15 is 0 Å². The third kappa shape index (κ3) is 3.96. The molecule has 2 aliphatic rings. The maximum absolute atomic E-state index is 12.9. The van der Waals surface area contributed by atoms with Gasteiger partial charge in [0.15, 0.2) is 0 Å². The normalized spacial score (nSPS) is 22.9. The summed E-state index contributed by atoms with van der Waals surface area (Å²) < 4.78 is 27.4. The first-order valence-electron chi connectivity index (χ1n) is 9.80. The lowest BCUT2D eigenvalue weighted by Gasteiger charge is -2.32. The molecule has 26 heavy (non-hydrogen) atoms. The number of hydrogen-bond acceptors (Lipinski definition) is 3. The number of sulfonamides is 1. The van der Waals surface area contributed by atoms with E-state index in [2.05, 4.69) is 0 Å². The standard InChI is InChI=1S/C20H30N2O3S/c1-16-8-6-7-15-22(16)26(24,25)19-13-11-17(12-14-19)20(23)21(2)18-9-4-3-5-10-18/h11-14,16,18H,3-10,15H2,1-2H3. The van der Waals surface area contributed by atoms with Crippen molar-refractivity contribution in [2.75, 3.05) is 13.6 Å². The minimum absolute atomic E-state index is 0.0211. The summed E-state index contributed by atoms with van der Waals surface area (Å²) in [5, 5.41) is 0. The average molecular weight is 379 g/mol. The van der Waals surface area contributed by atoms with Gasteiger partial charge in [-0.2, -0.15) is 4.31 Å². The van der Waals surface area contributed by atoms with Gasteiger partial charge in [0.1, 0.15) is 0 Å². The molecule has 1 saturated carbocycles. The third-order valence-corrected chi connectivity index (χ3v) is 7.92. The van der Waals surface area contributed by atoms with Gasteiger partial charge in [-0.25, -0.2) is 8.42 Å². The molecule has 2 fully saturated rings. The highest BCUT2D eigenvalue weighted by Gasteiger charge is 2.31. The predicted molar refractivity (Wildman–Crippen MR) is 103 cm³/mol. The van der Waals surface area contributed by atoms with Crippen LogP contribution in [0.5, 0.6) is 0 Å². The SMILES string of the molecule is CC1CCCCN1S(=O)(=O)c1ccc(C(=O)N(C)C2CCCCC2)cc1. The van der Waals surface area contributed by atoms with E-state index in [1.165, 1.54) is 19.3 Å². The van der Waals surface area contributed by atoms with Crippen LogP contribution in [0.3, 0.4) is 0 Å². The van der Waals surface area contributed by atoms with Gasteiger partial charge in [-0.3, -0.25) is 4.79 Å². The fourth-order valence-electron chi connectivity index (χ4n) is 4.17. The van der Waals surface area contributed by atoms with E-state index in [0.717, 1.165) is 32.1 Å². The van der Waals surface area contributed by atoms with Gasteiger partial charge in [0.05, 0.1) is 4.90 Å². The molecule has 1 aliphatic heterocycles. The van der Waals surface area contributed by atoms with Crippen LogP contribution in [0.4, 0.5) is 0 Å². The van der Waals surface area contributed by atoms with Crippen LogP contribution in [0.1, 0.15) is 68.6 Å². The second kappa shape index (κ2) is 8.09. The molecule has 1 aromatic carbocycles. The predicted octanol–water partition coefficient (Wildman–Crippen LogP) is 3.65. The largest absolute Gasteiger partial charge is 0.339 e. The first-order chi connectivity index (χ1) is 12.4. The van der Waals surface area contributed by atoms with Gasteiger partial charge in [-0.15, -0.1) is 0 Å². The fraction of sp³-hybridized carbons (Fsp3) is 0.650. The molecule has 1 unspecified atom stereocenters. The Kier molecular flexibility index (Phi) is 6.03. The monoisotopic (exact) mass is 378 g/mol. The Morgan fingerprint density at radius 1 is 1.00 bits per heavy atom. The van der Waals surface area contributed by atoms with Crippen LogP contribution in [0.15, 0.2) is 29.2 Å². The van der Waals surface area contributed by atoms with E-state index in [1.807, 2.05) is 18.9 Å². The van der Waals surface area contributed by atoms with Crippen LogP contribution < -0.4 is 0 Å². The molecule has 1 amide bonds. The minimum Gasteiger partial charge on any atom is -0.339 e. The molecule has 1 atom stereocenters. The summed E-state index contributed by atoms with van der Waals surface area (Å²) in [5.41, 5.74) is 0.559. The Morgan fingerprint density at radius 3 is 2.23 bits per heavy atom. The van der Waals surface area contributed by atoms with Gasteiger partial charge in [-0.05, 0) is 56.9 Å². The summed E-state index contributed by atoms with van der Waals surface area (Å²) in [4.78, 5) is 14.8. The number of piperidine rings is 1. The Morgan fingerprint density at radius 2 is 1.62 bits per heavy atom. The fourth-order valence-corrected chi connectivity index (χ4v) is 5.87. The lowest BCUT2D eigenvalue weighted by molar-refractivity contribution is 0.0696. The van der Waals surface area contributed by atoms with Crippen LogP contribution in [0.25, 0.3) is 0 Å². The molecule has 3 rings (SSSR count). The Balaban J connectivity index is 1.74. The van der Waals surface area contributed by atoms with Crippen molar-refractivity contribution < 1.29 is 13.2 Å². The molecular weight excluding hydrogens is 348 g/mol. The maximum Gasteiger partial charge on any atom is 0.253 e. The van der Waals surface area contributed by atoms with Crippen LogP contribution in [0, 0.1) is 0 Å². The van der Waals surface area contributed by atoms with E-state index in [9.17, 15) is 13.2 Å². The quantitative estimate of drug-likeness (QED) is 0.803. The van der Waals surface area contributed by atoms with Crippen molar-refractivity contribution in [1.29, 1.82) is 0 Å². The zero-order valence-electron chi connectivity index (χ0n) is 15.9. The molecule has 0 radical (unpaired) electrons. The second-order valence-electron chi connectivity index (χ2n) is 7.69. The Labute approximate surface area is 157 Å². The van der Waals surface area contributed by atoms with Gasteiger partial charge < -0.3 is 4.90 Å². The van der Waals surface area contributed by atoms with E-state index in [0.29, 0.717) is 18.2 Å². The van der Waals surface area contributed by atoms with Gasteiger partial charge in [-0.1, -0.05) is 25.7 Å². The summed E-state index contributed by atoms with van der Waals surface area (Å²) >= 11 is 0. The molecule has 0 bridgehead atoms. The number of nitrogens with zero attached hydrogens (tertiary/aromatic N) is 2. The summed E-state index contributed by atoms with van der Waals surface area (Å²) in [6, 6.07) is 6.81. The second-order valence-corrected chi connectivity index (χ2v) is 9.58. The molecule has 6 heteroatoms. The van der Waals surface area contributed by atoms with Crippen molar-refractivity contribution in [3.63, 3.8) is 0 Å². The first-order valence-corrected chi connectivity index (χ1v) is 11.2. The highest BCUT2D eigenvalue weighted by Crippen LogP contribution is 2.26. The number of hydrogen-bond donors (Lipinski definition) is 0. The number of carbonyl (C=O) groups excluding carboxylic acids is 1. The van der Waals surface area contributed by atoms with Crippen molar-refractivity contribution in [3.05, 3.63) is 29.8 Å². The molecule has 1 aliphatic carbocycles. The van der Waals surface area contributed by atoms with E-state index in [1.54, 1.807) is 28.6 Å². The lowest BCUT2D eigenvalue weighted by atomic mass is 9.94.